The molecule has 11 heteroatoms. The number of benzene rings is 1. The molecule has 0 saturated heterocycles. The number of furan rings is 1. The van der Waals surface area contributed by atoms with Crippen molar-refractivity contribution in [2.45, 2.75) is 21.5 Å². The van der Waals surface area contributed by atoms with Crippen LogP contribution in [-0.2, 0) is 21.2 Å². The predicted octanol–water partition coefficient (Wildman–Crippen LogP) is 2.37. The standard InChI is InChI=1S/C17H14BrN3O5S2/c18-11-3-5-13(6-4-11)28(24,25)14-9-20-17(21-16(14)23)27-10-15(22)19-8-12-2-1-7-26-12/h1-7,9H,8,10H2,(H,19,22)(H,20,21,23). The molecule has 3 aromatic rings. The fourth-order valence-electron chi connectivity index (χ4n) is 2.16. The number of hydrogen-bond acceptors (Lipinski definition) is 7. The van der Waals surface area contributed by atoms with Gasteiger partial charge in [-0.2, -0.15) is 0 Å². The molecule has 1 amide bonds. The molecule has 2 heterocycles. The molecule has 0 radical (unpaired) electrons. The number of carbonyl (C=O) groups excluding carboxylic acids is 1. The highest BCUT2D eigenvalue weighted by molar-refractivity contribution is 9.10. The molecule has 146 valence electrons. The van der Waals surface area contributed by atoms with E-state index in [1.54, 1.807) is 24.3 Å². The molecule has 0 bridgehead atoms. The molecule has 0 aliphatic carbocycles. The Morgan fingerprint density at radius 2 is 2.00 bits per heavy atom. The van der Waals surface area contributed by atoms with Crippen molar-refractivity contribution in [2.24, 2.45) is 0 Å². The van der Waals surface area contributed by atoms with Crippen molar-refractivity contribution in [3.63, 3.8) is 0 Å². The molecule has 2 aromatic heterocycles. The number of H-pyrrole nitrogens is 1. The number of thioether (sulfide) groups is 1. The van der Waals surface area contributed by atoms with Gasteiger partial charge < -0.3 is 14.7 Å². The molecule has 28 heavy (non-hydrogen) atoms. The van der Waals surface area contributed by atoms with Gasteiger partial charge in [0.05, 0.1) is 29.7 Å². The second-order valence-corrected chi connectivity index (χ2v) is 9.28. The molecule has 8 nitrogen and oxygen atoms in total. The number of nitrogens with one attached hydrogen (secondary N) is 2. The maximum absolute atomic E-state index is 12.6. The minimum Gasteiger partial charge on any atom is -0.467 e. The van der Waals surface area contributed by atoms with E-state index in [0.29, 0.717) is 5.76 Å². The average molecular weight is 484 g/mol. The fourth-order valence-corrected chi connectivity index (χ4v) is 4.32. The Kier molecular flexibility index (Phi) is 6.37. The van der Waals surface area contributed by atoms with Crippen molar-refractivity contribution < 1.29 is 17.6 Å². The first-order valence-electron chi connectivity index (χ1n) is 7.88. The highest BCUT2D eigenvalue weighted by Gasteiger charge is 2.22. The van der Waals surface area contributed by atoms with E-state index in [4.69, 9.17) is 4.42 Å². The number of sulfone groups is 1. The number of hydrogen-bond donors (Lipinski definition) is 2. The number of nitrogens with zero attached hydrogens (tertiary/aromatic N) is 1. The minimum atomic E-state index is -3.99. The van der Waals surface area contributed by atoms with E-state index in [-0.39, 0.29) is 28.3 Å². The Morgan fingerprint density at radius 3 is 2.64 bits per heavy atom. The first-order chi connectivity index (χ1) is 13.4. The van der Waals surface area contributed by atoms with Gasteiger partial charge in [0.1, 0.15) is 5.76 Å². The van der Waals surface area contributed by atoms with Crippen LogP contribution < -0.4 is 10.9 Å². The predicted molar refractivity (Wildman–Crippen MR) is 106 cm³/mol. The van der Waals surface area contributed by atoms with Crippen LogP contribution >= 0.6 is 27.7 Å². The van der Waals surface area contributed by atoms with Gasteiger partial charge in [0, 0.05) is 4.47 Å². The molecule has 0 unspecified atom stereocenters. The van der Waals surface area contributed by atoms with Crippen LogP contribution in [0.4, 0.5) is 0 Å². The van der Waals surface area contributed by atoms with Crippen molar-refractivity contribution in [3.05, 3.63) is 69.4 Å². The molecule has 1 aromatic carbocycles. The topological polar surface area (TPSA) is 122 Å². The van der Waals surface area contributed by atoms with Crippen LogP contribution in [0.15, 0.2) is 77.5 Å². The van der Waals surface area contributed by atoms with E-state index in [1.807, 2.05) is 0 Å². The molecule has 0 fully saturated rings. The maximum Gasteiger partial charge on any atom is 0.270 e. The van der Waals surface area contributed by atoms with Crippen molar-refractivity contribution in [1.82, 2.24) is 15.3 Å². The molecule has 2 N–H and O–H groups in total. The molecular formula is C17H14BrN3O5S2. The number of aromatic amines is 1. The van der Waals surface area contributed by atoms with Crippen LogP contribution in [0.1, 0.15) is 5.76 Å². The Hall–Kier alpha value is -2.37. The number of carbonyl (C=O) groups is 1. The summed E-state index contributed by atoms with van der Waals surface area (Å²) < 4.78 is 31.0. The Morgan fingerprint density at radius 1 is 1.25 bits per heavy atom. The lowest BCUT2D eigenvalue weighted by Crippen LogP contribution is -2.25. The van der Waals surface area contributed by atoms with Gasteiger partial charge in [-0.3, -0.25) is 9.59 Å². The number of amides is 1. The third-order valence-corrected chi connectivity index (χ3v) is 6.72. The van der Waals surface area contributed by atoms with Gasteiger partial charge in [-0.25, -0.2) is 13.4 Å². The van der Waals surface area contributed by atoms with E-state index >= 15 is 0 Å². The monoisotopic (exact) mass is 483 g/mol. The summed E-state index contributed by atoms with van der Waals surface area (Å²) in [4.78, 5) is 30.0. The summed E-state index contributed by atoms with van der Waals surface area (Å²) in [6.07, 6.45) is 2.51. The minimum absolute atomic E-state index is 0.00244. The summed E-state index contributed by atoms with van der Waals surface area (Å²) in [5, 5.41) is 2.80. The Balaban J connectivity index is 1.66. The van der Waals surface area contributed by atoms with Crippen molar-refractivity contribution >= 4 is 43.4 Å². The van der Waals surface area contributed by atoms with Crippen molar-refractivity contribution in [2.75, 3.05) is 5.75 Å². The van der Waals surface area contributed by atoms with Crippen LogP contribution in [-0.4, -0.2) is 30.0 Å². The molecular weight excluding hydrogens is 470 g/mol. The van der Waals surface area contributed by atoms with Crippen LogP contribution in [0, 0.1) is 0 Å². The lowest BCUT2D eigenvalue weighted by molar-refractivity contribution is -0.118. The quantitative estimate of drug-likeness (QED) is 0.390. The molecule has 0 aliphatic rings. The lowest BCUT2D eigenvalue weighted by atomic mass is 10.4. The summed E-state index contributed by atoms with van der Waals surface area (Å²) in [5.41, 5.74) is -0.795. The van der Waals surface area contributed by atoms with E-state index in [9.17, 15) is 18.0 Å². The molecule has 0 saturated carbocycles. The van der Waals surface area contributed by atoms with Gasteiger partial charge in [-0.1, -0.05) is 27.7 Å². The highest BCUT2D eigenvalue weighted by atomic mass is 79.9. The Labute approximate surface area is 172 Å². The summed E-state index contributed by atoms with van der Waals surface area (Å²) in [7, 11) is -3.99. The number of aromatic nitrogens is 2. The van der Waals surface area contributed by atoms with Crippen LogP contribution in [0.5, 0.6) is 0 Å². The summed E-state index contributed by atoms with van der Waals surface area (Å²) in [6, 6.07) is 9.38. The van der Waals surface area contributed by atoms with E-state index in [1.165, 1.54) is 18.4 Å². The normalized spacial score (nSPS) is 11.3. The Bertz CT molecular complexity index is 1130. The SMILES string of the molecule is O=C(CSc1ncc(S(=O)(=O)c2ccc(Br)cc2)c(=O)[nH]1)NCc1ccco1. The van der Waals surface area contributed by atoms with Crippen LogP contribution in [0.3, 0.4) is 0 Å². The third-order valence-electron chi connectivity index (χ3n) is 3.54. The van der Waals surface area contributed by atoms with E-state index in [2.05, 4.69) is 31.2 Å². The summed E-state index contributed by atoms with van der Waals surface area (Å²) >= 11 is 4.21. The van der Waals surface area contributed by atoms with Crippen molar-refractivity contribution in [3.8, 4) is 0 Å². The fraction of sp³-hybridized carbons (Fsp3) is 0.118. The summed E-state index contributed by atoms with van der Waals surface area (Å²) in [5.74, 6) is 0.339. The molecule has 3 rings (SSSR count). The van der Waals surface area contributed by atoms with Gasteiger partial charge >= 0.3 is 0 Å². The number of rotatable bonds is 7. The van der Waals surface area contributed by atoms with E-state index in [0.717, 1.165) is 22.4 Å². The van der Waals surface area contributed by atoms with Crippen LogP contribution in [0.25, 0.3) is 0 Å². The van der Waals surface area contributed by atoms with Gasteiger partial charge in [0.15, 0.2) is 10.1 Å². The van der Waals surface area contributed by atoms with E-state index < -0.39 is 20.3 Å². The summed E-state index contributed by atoms with van der Waals surface area (Å²) in [6.45, 7) is 0.251. The zero-order chi connectivity index (χ0) is 20.1. The first kappa shape index (κ1) is 20.4. The van der Waals surface area contributed by atoms with Crippen LogP contribution in [0.2, 0.25) is 0 Å². The zero-order valence-corrected chi connectivity index (χ0v) is 17.4. The molecule has 0 aliphatic heterocycles. The van der Waals surface area contributed by atoms with Crippen molar-refractivity contribution in [1.29, 1.82) is 0 Å². The lowest BCUT2D eigenvalue weighted by Gasteiger charge is -2.06. The first-order valence-corrected chi connectivity index (χ1v) is 11.1. The van der Waals surface area contributed by atoms with Gasteiger partial charge in [-0.05, 0) is 36.4 Å². The largest absolute Gasteiger partial charge is 0.467 e. The van der Waals surface area contributed by atoms with Gasteiger partial charge in [0.25, 0.3) is 5.56 Å². The zero-order valence-electron chi connectivity index (χ0n) is 14.2. The van der Waals surface area contributed by atoms with Gasteiger partial charge in [0.2, 0.25) is 15.7 Å². The number of halogens is 1. The smallest absolute Gasteiger partial charge is 0.270 e. The maximum atomic E-state index is 12.6. The second-order valence-electron chi connectivity index (χ2n) is 5.48. The molecule has 0 atom stereocenters. The average Bonchev–Trinajstić information content (AvgIpc) is 3.18. The molecule has 0 spiro atoms. The van der Waals surface area contributed by atoms with Gasteiger partial charge in [-0.15, -0.1) is 0 Å². The second kappa shape index (κ2) is 8.76. The highest BCUT2D eigenvalue weighted by Crippen LogP contribution is 2.20. The third kappa shape index (κ3) is 4.91.